The van der Waals surface area contributed by atoms with Gasteiger partial charge in [0.2, 0.25) is 10.0 Å². The van der Waals surface area contributed by atoms with Gasteiger partial charge in [-0.05, 0) is 80.1 Å². The fourth-order valence-electron chi connectivity index (χ4n) is 5.65. The third kappa shape index (κ3) is 9.65. The Morgan fingerprint density at radius 3 is 2.46 bits per heavy atom. The molecule has 0 bridgehead atoms. The van der Waals surface area contributed by atoms with Crippen molar-refractivity contribution in [2.75, 3.05) is 25.9 Å². The van der Waals surface area contributed by atoms with E-state index in [1.54, 1.807) is 16.4 Å². The lowest BCUT2D eigenvalue weighted by molar-refractivity contribution is -0.139. The summed E-state index contributed by atoms with van der Waals surface area (Å²) in [6.07, 6.45) is 8.35. The van der Waals surface area contributed by atoms with Crippen molar-refractivity contribution in [2.45, 2.75) is 84.2 Å². The second kappa shape index (κ2) is 16.0. The van der Waals surface area contributed by atoms with Crippen LogP contribution in [0, 0.1) is 12.8 Å². The number of rotatable bonds is 16. The van der Waals surface area contributed by atoms with E-state index in [-0.39, 0.29) is 12.3 Å². The quantitative estimate of drug-likeness (QED) is 0.229. The molecule has 1 amide bonds. The highest BCUT2D eigenvalue weighted by atomic mass is 32.2. The molecular weight excluding hydrogens is 538 g/mol. The minimum Gasteiger partial charge on any atom is -0.480 e. The standard InChI is InChI=1S/C32H47N3O5S/c1-4-11-30(32(37)38)34-31(36)28-17-16-26(22-29(28)27-15-9-8-12-24(27)2)23-35(41(39,40)21-10-19-33-3)20-18-25-13-6-5-7-14-25/h8-9,12,15-17,22,25,30,33H,4-7,10-11,13-14,18-21,23H2,1-3H3,(H,34,36)(H,37,38)/t30-/m0/s1. The van der Waals surface area contributed by atoms with E-state index in [0.29, 0.717) is 49.4 Å². The number of carbonyl (C=O) groups is 2. The van der Waals surface area contributed by atoms with Gasteiger partial charge in [0.15, 0.2) is 0 Å². The number of amides is 1. The third-order valence-corrected chi connectivity index (χ3v) is 9.94. The Labute approximate surface area is 246 Å². The highest BCUT2D eigenvalue weighted by Crippen LogP contribution is 2.30. The number of nitrogens with one attached hydrogen (secondary N) is 2. The number of sulfonamides is 1. The summed E-state index contributed by atoms with van der Waals surface area (Å²) in [5.41, 5.74) is 3.65. The number of hydrogen-bond acceptors (Lipinski definition) is 5. The second-order valence-electron chi connectivity index (χ2n) is 11.2. The molecule has 8 nitrogen and oxygen atoms in total. The minimum atomic E-state index is -3.49. The lowest BCUT2D eigenvalue weighted by Crippen LogP contribution is -2.40. The van der Waals surface area contributed by atoms with Crippen LogP contribution in [0.3, 0.4) is 0 Å². The molecule has 1 aliphatic carbocycles. The van der Waals surface area contributed by atoms with Gasteiger partial charge in [-0.2, -0.15) is 4.31 Å². The molecule has 41 heavy (non-hydrogen) atoms. The minimum absolute atomic E-state index is 0.0810. The summed E-state index contributed by atoms with van der Waals surface area (Å²) < 4.78 is 28.6. The molecule has 0 radical (unpaired) electrons. The van der Waals surface area contributed by atoms with Gasteiger partial charge in [-0.15, -0.1) is 0 Å². The van der Waals surface area contributed by atoms with E-state index in [1.165, 1.54) is 19.3 Å². The first-order valence-corrected chi connectivity index (χ1v) is 16.6. The first-order chi connectivity index (χ1) is 19.7. The van der Waals surface area contributed by atoms with Crippen molar-refractivity contribution in [3.63, 3.8) is 0 Å². The topological polar surface area (TPSA) is 116 Å². The number of carbonyl (C=O) groups excluding carboxylic acids is 1. The van der Waals surface area contributed by atoms with E-state index in [1.807, 2.05) is 51.2 Å². The lowest BCUT2D eigenvalue weighted by Gasteiger charge is -2.27. The average Bonchev–Trinajstić information content (AvgIpc) is 2.95. The van der Waals surface area contributed by atoms with Crippen molar-refractivity contribution in [3.05, 3.63) is 59.2 Å². The zero-order chi connectivity index (χ0) is 29.8. The van der Waals surface area contributed by atoms with E-state index in [9.17, 15) is 23.1 Å². The van der Waals surface area contributed by atoms with Crippen LogP contribution in [0.15, 0.2) is 42.5 Å². The van der Waals surface area contributed by atoms with Crippen molar-refractivity contribution < 1.29 is 23.1 Å². The zero-order valence-corrected chi connectivity index (χ0v) is 25.6. The van der Waals surface area contributed by atoms with Gasteiger partial charge in [-0.3, -0.25) is 4.79 Å². The summed E-state index contributed by atoms with van der Waals surface area (Å²) in [6, 6.07) is 12.1. The van der Waals surface area contributed by atoms with Crippen LogP contribution in [0.2, 0.25) is 0 Å². The fraction of sp³-hybridized carbons (Fsp3) is 0.562. The maximum absolute atomic E-state index is 13.5. The van der Waals surface area contributed by atoms with Crippen LogP contribution in [0.1, 0.15) is 86.2 Å². The lowest BCUT2D eigenvalue weighted by atomic mass is 9.87. The molecule has 2 aromatic rings. The van der Waals surface area contributed by atoms with E-state index >= 15 is 0 Å². The van der Waals surface area contributed by atoms with Crippen LogP contribution in [-0.2, 0) is 21.4 Å². The SMILES string of the molecule is CCC[C@H](NC(=O)c1ccc(CN(CCC2CCCCC2)S(=O)(=O)CCCNC)cc1-c1ccccc1C)C(=O)O. The molecular formula is C32H47N3O5S. The Hall–Kier alpha value is -2.75. The Bertz CT molecular complexity index is 1260. The van der Waals surface area contributed by atoms with Crippen LogP contribution >= 0.6 is 0 Å². The Morgan fingerprint density at radius 1 is 1.07 bits per heavy atom. The summed E-state index contributed by atoms with van der Waals surface area (Å²) in [6.45, 7) is 5.17. The largest absolute Gasteiger partial charge is 0.480 e. The van der Waals surface area contributed by atoms with Gasteiger partial charge >= 0.3 is 5.97 Å². The van der Waals surface area contributed by atoms with Crippen LogP contribution in [0.4, 0.5) is 0 Å². The predicted octanol–water partition coefficient (Wildman–Crippen LogP) is 5.36. The van der Waals surface area contributed by atoms with Gasteiger partial charge in [0.1, 0.15) is 6.04 Å². The Morgan fingerprint density at radius 2 is 1.80 bits per heavy atom. The van der Waals surface area contributed by atoms with Gasteiger partial charge in [0, 0.05) is 18.7 Å². The number of aryl methyl sites for hydroxylation is 1. The zero-order valence-electron chi connectivity index (χ0n) is 24.8. The van der Waals surface area contributed by atoms with Crippen molar-refractivity contribution in [1.82, 2.24) is 14.9 Å². The van der Waals surface area contributed by atoms with Gasteiger partial charge in [-0.25, -0.2) is 13.2 Å². The highest BCUT2D eigenvalue weighted by molar-refractivity contribution is 7.89. The molecule has 2 aromatic carbocycles. The summed E-state index contributed by atoms with van der Waals surface area (Å²) in [5.74, 6) is -0.883. The maximum Gasteiger partial charge on any atom is 0.326 e. The summed E-state index contributed by atoms with van der Waals surface area (Å²) in [7, 11) is -1.67. The average molecular weight is 586 g/mol. The number of aliphatic carboxylic acids is 1. The first kappa shape index (κ1) is 32.8. The smallest absolute Gasteiger partial charge is 0.326 e. The Balaban J connectivity index is 1.95. The van der Waals surface area contributed by atoms with Crippen molar-refractivity contribution >= 4 is 21.9 Å². The highest BCUT2D eigenvalue weighted by Gasteiger charge is 2.26. The summed E-state index contributed by atoms with van der Waals surface area (Å²) >= 11 is 0. The fourth-order valence-corrected chi connectivity index (χ4v) is 7.15. The van der Waals surface area contributed by atoms with E-state index < -0.39 is 27.9 Å². The molecule has 0 aliphatic heterocycles. The maximum atomic E-state index is 13.5. The molecule has 0 heterocycles. The van der Waals surface area contributed by atoms with Gasteiger partial charge in [0.05, 0.1) is 5.75 Å². The van der Waals surface area contributed by atoms with Crippen molar-refractivity contribution in [1.29, 1.82) is 0 Å². The third-order valence-electron chi connectivity index (χ3n) is 8.04. The first-order valence-electron chi connectivity index (χ1n) is 15.0. The van der Waals surface area contributed by atoms with Crippen LogP contribution < -0.4 is 10.6 Å². The molecule has 0 spiro atoms. The van der Waals surface area contributed by atoms with Crippen LogP contribution in [0.5, 0.6) is 0 Å². The molecule has 1 saturated carbocycles. The molecule has 226 valence electrons. The monoisotopic (exact) mass is 585 g/mol. The normalized spacial score (nSPS) is 15.1. The predicted molar refractivity (Wildman–Crippen MR) is 164 cm³/mol. The van der Waals surface area contributed by atoms with Gasteiger partial charge in [0.25, 0.3) is 5.91 Å². The number of nitrogens with zero attached hydrogens (tertiary/aromatic N) is 1. The van der Waals surface area contributed by atoms with E-state index in [2.05, 4.69) is 10.6 Å². The molecule has 1 fully saturated rings. The molecule has 1 aliphatic rings. The van der Waals surface area contributed by atoms with Crippen molar-refractivity contribution in [2.24, 2.45) is 5.92 Å². The summed E-state index contributed by atoms with van der Waals surface area (Å²) in [4.78, 5) is 25.1. The molecule has 9 heteroatoms. The molecule has 0 unspecified atom stereocenters. The second-order valence-corrected chi connectivity index (χ2v) is 13.3. The molecule has 0 saturated heterocycles. The van der Waals surface area contributed by atoms with Crippen LogP contribution in [0.25, 0.3) is 11.1 Å². The number of benzene rings is 2. The molecule has 3 rings (SSSR count). The molecule has 0 aromatic heterocycles. The number of hydrogen-bond donors (Lipinski definition) is 3. The number of carboxylic acid groups (broad SMARTS) is 1. The van der Waals surface area contributed by atoms with Gasteiger partial charge < -0.3 is 15.7 Å². The molecule has 3 N–H and O–H groups in total. The van der Waals surface area contributed by atoms with E-state index in [4.69, 9.17) is 0 Å². The summed E-state index contributed by atoms with van der Waals surface area (Å²) in [5, 5.41) is 15.3. The van der Waals surface area contributed by atoms with Crippen LogP contribution in [-0.4, -0.2) is 61.6 Å². The van der Waals surface area contributed by atoms with Gasteiger partial charge in [-0.1, -0.05) is 75.8 Å². The van der Waals surface area contributed by atoms with Crippen molar-refractivity contribution in [3.8, 4) is 11.1 Å². The number of carboxylic acids is 1. The Kier molecular flexibility index (Phi) is 12.8. The molecule has 1 atom stereocenters. The van der Waals surface area contributed by atoms with E-state index in [0.717, 1.165) is 36.0 Å².